The highest BCUT2D eigenvalue weighted by Crippen LogP contribution is 2.36. The number of nitriles is 1. The Morgan fingerprint density at radius 2 is 2.16 bits per heavy atom. The predicted molar refractivity (Wildman–Crippen MR) is 71.6 cm³/mol. The zero-order valence-corrected chi connectivity index (χ0v) is 10.9. The van der Waals surface area contributed by atoms with E-state index in [-0.39, 0.29) is 17.2 Å². The highest BCUT2D eigenvalue weighted by atomic mass is 32.2. The first-order valence-corrected chi connectivity index (χ1v) is 6.39. The molecule has 1 aromatic rings. The second-order valence-electron chi connectivity index (χ2n) is 3.66. The van der Waals surface area contributed by atoms with Gasteiger partial charge in [-0.2, -0.15) is 5.26 Å². The number of carbonyl (C=O) groups excluding carboxylic acids is 2. The van der Waals surface area contributed by atoms with Crippen molar-refractivity contribution < 1.29 is 14.3 Å². The van der Waals surface area contributed by atoms with E-state index in [4.69, 9.17) is 10.00 Å². The van der Waals surface area contributed by atoms with Crippen molar-refractivity contribution in [1.82, 2.24) is 0 Å². The number of rotatable bonds is 3. The number of amides is 1. The van der Waals surface area contributed by atoms with Crippen LogP contribution in [0.5, 0.6) is 5.75 Å². The van der Waals surface area contributed by atoms with Crippen LogP contribution in [0.1, 0.15) is 0 Å². The summed E-state index contributed by atoms with van der Waals surface area (Å²) in [6, 6.07) is 8.67. The number of thioether (sulfide) groups is 1. The number of benzene rings is 1. The van der Waals surface area contributed by atoms with Gasteiger partial charge >= 0.3 is 0 Å². The standard InChI is InChI=1S/C13H10N2O3S/c1-18-11-4-2-10(3-5-11)15-12(17)8-19-13(15)9(6-14)7-16/h2-5,7H,8H2,1H3/b13-9-. The second-order valence-corrected chi connectivity index (χ2v) is 4.63. The van der Waals surface area contributed by atoms with E-state index in [0.717, 1.165) is 0 Å². The molecule has 1 aliphatic heterocycles. The van der Waals surface area contributed by atoms with Crippen molar-refractivity contribution in [1.29, 1.82) is 5.26 Å². The zero-order valence-electron chi connectivity index (χ0n) is 10.1. The summed E-state index contributed by atoms with van der Waals surface area (Å²) >= 11 is 1.19. The van der Waals surface area contributed by atoms with E-state index in [2.05, 4.69) is 0 Å². The van der Waals surface area contributed by atoms with E-state index < -0.39 is 0 Å². The Balaban J connectivity index is 2.45. The molecule has 6 heteroatoms. The minimum absolute atomic E-state index is 0.0355. The molecule has 1 heterocycles. The number of carbonyl (C=O) groups is 2. The SMILES string of the molecule is COc1ccc(N2C(=O)CS/C2=C(/C#N)C=O)cc1. The molecule has 0 aliphatic carbocycles. The van der Waals surface area contributed by atoms with E-state index in [0.29, 0.717) is 22.8 Å². The molecule has 1 amide bonds. The van der Waals surface area contributed by atoms with Crippen LogP contribution in [0.2, 0.25) is 0 Å². The first-order chi connectivity index (χ1) is 9.21. The van der Waals surface area contributed by atoms with Crippen molar-refractivity contribution in [3.63, 3.8) is 0 Å². The van der Waals surface area contributed by atoms with Gasteiger partial charge in [0.05, 0.1) is 12.9 Å². The molecule has 19 heavy (non-hydrogen) atoms. The minimum Gasteiger partial charge on any atom is -0.497 e. The van der Waals surface area contributed by atoms with Gasteiger partial charge in [-0.15, -0.1) is 0 Å². The third-order valence-electron chi connectivity index (χ3n) is 2.58. The lowest BCUT2D eigenvalue weighted by molar-refractivity contribution is -0.115. The summed E-state index contributed by atoms with van der Waals surface area (Å²) in [5.41, 5.74) is 0.576. The molecule has 0 spiro atoms. The Morgan fingerprint density at radius 1 is 1.47 bits per heavy atom. The van der Waals surface area contributed by atoms with Crippen molar-refractivity contribution in [2.45, 2.75) is 0 Å². The number of methoxy groups -OCH3 is 1. The quantitative estimate of drug-likeness (QED) is 0.476. The third kappa shape index (κ3) is 2.46. The monoisotopic (exact) mass is 274 g/mol. The molecule has 1 aromatic carbocycles. The van der Waals surface area contributed by atoms with Gasteiger partial charge in [-0.3, -0.25) is 14.5 Å². The van der Waals surface area contributed by atoms with Crippen LogP contribution in [0.4, 0.5) is 5.69 Å². The number of hydrogen-bond donors (Lipinski definition) is 0. The fraction of sp³-hybridized carbons (Fsp3) is 0.154. The molecule has 1 saturated heterocycles. The van der Waals surface area contributed by atoms with Gasteiger partial charge in [-0.25, -0.2) is 0 Å². The highest BCUT2D eigenvalue weighted by Gasteiger charge is 2.30. The summed E-state index contributed by atoms with van der Waals surface area (Å²) in [7, 11) is 1.55. The zero-order chi connectivity index (χ0) is 13.8. The van der Waals surface area contributed by atoms with E-state index in [1.54, 1.807) is 31.4 Å². The lowest BCUT2D eigenvalue weighted by Gasteiger charge is -2.17. The topological polar surface area (TPSA) is 70.4 Å². The molecule has 2 rings (SSSR count). The molecule has 0 aromatic heterocycles. The Bertz CT molecular complexity index is 587. The number of allylic oxidation sites excluding steroid dienone is 1. The van der Waals surface area contributed by atoms with Crippen LogP contribution in [0, 0.1) is 11.3 Å². The molecule has 0 atom stereocenters. The fourth-order valence-electron chi connectivity index (χ4n) is 1.69. The normalized spacial score (nSPS) is 17.1. The molecule has 0 radical (unpaired) electrons. The largest absolute Gasteiger partial charge is 0.497 e. The number of ether oxygens (including phenoxy) is 1. The number of aldehydes is 1. The second kappa shape index (κ2) is 5.59. The van der Waals surface area contributed by atoms with Crippen LogP contribution in [-0.4, -0.2) is 25.1 Å². The summed E-state index contributed by atoms with van der Waals surface area (Å²) in [6.07, 6.45) is 0.470. The maximum Gasteiger partial charge on any atom is 0.242 e. The predicted octanol–water partition coefficient (Wildman–Crippen LogP) is 1.71. The first kappa shape index (κ1) is 13.2. The summed E-state index contributed by atoms with van der Waals surface area (Å²) in [5.74, 6) is 0.740. The smallest absolute Gasteiger partial charge is 0.242 e. The Morgan fingerprint density at radius 3 is 2.68 bits per heavy atom. The Kier molecular flexibility index (Phi) is 3.88. The van der Waals surface area contributed by atoms with Gasteiger partial charge in [0, 0.05) is 5.69 Å². The Labute approximate surface area is 114 Å². The van der Waals surface area contributed by atoms with Crippen LogP contribution in [0.15, 0.2) is 34.9 Å². The van der Waals surface area contributed by atoms with E-state index in [9.17, 15) is 9.59 Å². The van der Waals surface area contributed by atoms with Gasteiger partial charge in [0.2, 0.25) is 5.91 Å². The lowest BCUT2D eigenvalue weighted by atomic mass is 10.2. The van der Waals surface area contributed by atoms with Gasteiger partial charge in [0.15, 0.2) is 6.29 Å². The summed E-state index contributed by atoms with van der Waals surface area (Å²) in [6.45, 7) is 0. The van der Waals surface area contributed by atoms with Crippen molar-refractivity contribution in [3.05, 3.63) is 34.9 Å². The van der Waals surface area contributed by atoms with Gasteiger partial charge in [0.25, 0.3) is 0 Å². The Hall–Kier alpha value is -2.26. The maximum atomic E-state index is 11.9. The van der Waals surface area contributed by atoms with E-state index in [1.165, 1.54) is 16.7 Å². The average Bonchev–Trinajstić information content (AvgIpc) is 2.82. The lowest BCUT2D eigenvalue weighted by Crippen LogP contribution is -2.24. The number of nitrogens with zero attached hydrogens (tertiary/aromatic N) is 2. The van der Waals surface area contributed by atoms with E-state index in [1.807, 2.05) is 6.07 Å². The van der Waals surface area contributed by atoms with Gasteiger partial charge in [-0.1, -0.05) is 11.8 Å². The molecule has 1 aliphatic rings. The van der Waals surface area contributed by atoms with Gasteiger partial charge in [-0.05, 0) is 24.3 Å². The molecule has 0 bridgehead atoms. The van der Waals surface area contributed by atoms with Crippen LogP contribution in [0.3, 0.4) is 0 Å². The van der Waals surface area contributed by atoms with Crippen LogP contribution in [-0.2, 0) is 9.59 Å². The number of hydrogen-bond acceptors (Lipinski definition) is 5. The summed E-state index contributed by atoms with van der Waals surface area (Å²) in [5, 5.41) is 9.29. The molecule has 0 N–H and O–H groups in total. The van der Waals surface area contributed by atoms with Crippen LogP contribution < -0.4 is 9.64 Å². The highest BCUT2D eigenvalue weighted by molar-refractivity contribution is 8.04. The van der Waals surface area contributed by atoms with Crippen LogP contribution >= 0.6 is 11.8 Å². The van der Waals surface area contributed by atoms with Crippen molar-refractivity contribution in [2.24, 2.45) is 0 Å². The van der Waals surface area contributed by atoms with Gasteiger partial charge in [0.1, 0.15) is 22.4 Å². The molecular weight excluding hydrogens is 264 g/mol. The minimum atomic E-state index is -0.153. The molecule has 0 unspecified atom stereocenters. The molecule has 5 nitrogen and oxygen atoms in total. The van der Waals surface area contributed by atoms with E-state index >= 15 is 0 Å². The maximum absolute atomic E-state index is 11.9. The van der Waals surface area contributed by atoms with Gasteiger partial charge < -0.3 is 4.74 Å². The third-order valence-corrected chi connectivity index (χ3v) is 3.65. The fourth-order valence-corrected chi connectivity index (χ4v) is 2.66. The van der Waals surface area contributed by atoms with Crippen molar-refractivity contribution in [2.75, 3.05) is 17.8 Å². The first-order valence-electron chi connectivity index (χ1n) is 5.40. The number of anilines is 1. The molecule has 96 valence electrons. The molecular formula is C13H10N2O3S. The summed E-state index contributed by atoms with van der Waals surface area (Å²) in [4.78, 5) is 24.1. The van der Waals surface area contributed by atoms with Crippen molar-refractivity contribution >= 4 is 29.6 Å². The molecule has 0 saturated carbocycles. The average molecular weight is 274 g/mol. The molecule has 1 fully saturated rings. The van der Waals surface area contributed by atoms with Crippen molar-refractivity contribution in [3.8, 4) is 11.8 Å². The van der Waals surface area contributed by atoms with Crippen LogP contribution in [0.25, 0.3) is 0 Å². The summed E-state index contributed by atoms with van der Waals surface area (Å²) < 4.78 is 5.05.